The summed E-state index contributed by atoms with van der Waals surface area (Å²) in [5.41, 5.74) is 0.537. The van der Waals surface area contributed by atoms with Gasteiger partial charge in [0.05, 0.1) is 27.2 Å². The molecular weight excluding hydrogens is 586 g/mol. The number of benzene rings is 1. The minimum absolute atomic E-state index is 0. The molecule has 0 atom stereocenters. The van der Waals surface area contributed by atoms with Gasteiger partial charge in [-0.05, 0) is 31.7 Å². The second-order valence-corrected chi connectivity index (χ2v) is 11.1. The van der Waals surface area contributed by atoms with Crippen molar-refractivity contribution in [1.29, 1.82) is 0 Å². The maximum atomic E-state index is 11.7. The first-order valence-electron chi connectivity index (χ1n) is 10.7. The van der Waals surface area contributed by atoms with Crippen molar-refractivity contribution < 1.29 is 109 Å². The van der Waals surface area contributed by atoms with Crippen LogP contribution < -0.4 is 73.5 Å². The minimum atomic E-state index is -4.98. The van der Waals surface area contributed by atoms with Crippen molar-refractivity contribution in [3.8, 4) is 17.2 Å². The Balaban J connectivity index is 0.00000361. The van der Waals surface area contributed by atoms with E-state index in [0.717, 1.165) is 18.6 Å². The number of carbonyl (C=O) groups excluding carboxylic acids is 1. The van der Waals surface area contributed by atoms with Gasteiger partial charge >= 0.3 is 59.1 Å². The molecule has 0 saturated carbocycles. The van der Waals surface area contributed by atoms with E-state index in [1.165, 1.54) is 0 Å². The number of ether oxygens (including phenoxy) is 1. The van der Waals surface area contributed by atoms with E-state index in [1.54, 1.807) is 18.5 Å². The monoisotopic (exact) mass is 606 g/mol. The van der Waals surface area contributed by atoms with Crippen molar-refractivity contribution in [3.05, 3.63) is 35.6 Å². The van der Waals surface area contributed by atoms with E-state index in [4.69, 9.17) is 20.8 Å². The smallest absolute Gasteiger partial charge is 0.748 e. The zero-order chi connectivity index (χ0) is 26.5. The molecule has 0 aliphatic rings. The Morgan fingerprint density at radius 2 is 1.79 bits per heavy atom. The van der Waals surface area contributed by atoms with Crippen LogP contribution in [0.2, 0.25) is 5.02 Å². The number of oxazole rings is 1. The molecule has 12 nitrogen and oxygen atoms in total. The second-order valence-electron chi connectivity index (χ2n) is 7.83. The molecule has 17 heteroatoms. The van der Waals surface area contributed by atoms with Gasteiger partial charge in [0.25, 0.3) is 0 Å². The number of aliphatic carboxylic acids is 1. The molecule has 3 aromatic rings. The van der Waals surface area contributed by atoms with Crippen molar-refractivity contribution in [2.24, 2.45) is 0 Å². The van der Waals surface area contributed by atoms with Crippen LogP contribution in [0, 0.1) is 0 Å². The standard InChI is InChI=1S/C21H23ClN2O10S2.2Na/c22-15-13-24(7-3-1-2-5-20(25)26)8-6-14(15)21-23-16-11-19(36(30,31)32)18(12-17(16)34-21)33-9-4-10-35(27,28)29;;/h6,8,11-13H,1-5,7,9-10H2,(H2-,25,26,27,28,29,30,31,32);;/q;2*+1/p-2. The van der Waals surface area contributed by atoms with Gasteiger partial charge in [0.1, 0.15) is 33.0 Å². The maximum Gasteiger partial charge on any atom is 1.00 e. The van der Waals surface area contributed by atoms with Gasteiger partial charge in [-0.15, -0.1) is 0 Å². The first kappa shape index (κ1) is 35.2. The van der Waals surface area contributed by atoms with Crippen molar-refractivity contribution in [1.82, 2.24) is 4.98 Å². The molecule has 0 amide bonds. The molecule has 2 aromatic heterocycles. The van der Waals surface area contributed by atoms with Crippen LogP contribution in [0.1, 0.15) is 32.1 Å². The Kier molecular flexibility index (Phi) is 14.2. The number of aromatic nitrogens is 2. The SMILES string of the molecule is O=C([O-])CCCCC[n+]1ccc(-c2nc3cc(S(=O)(=O)[O-])c(OCCCS(=O)(=O)[O-])cc3o2)c(Cl)c1.[Na+].[Na+]. The van der Waals surface area contributed by atoms with E-state index < -0.39 is 36.9 Å². The largest absolute Gasteiger partial charge is 1.00 e. The number of hydrogen-bond acceptors (Lipinski definition) is 11. The first-order chi connectivity index (χ1) is 16.8. The van der Waals surface area contributed by atoms with Gasteiger partial charge in [0.15, 0.2) is 18.0 Å². The molecule has 0 bridgehead atoms. The number of nitrogens with zero attached hydrogens (tertiary/aromatic N) is 2. The van der Waals surface area contributed by atoms with Gasteiger partial charge in [-0.3, -0.25) is 0 Å². The predicted molar refractivity (Wildman–Crippen MR) is 121 cm³/mol. The molecule has 196 valence electrons. The van der Waals surface area contributed by atoms with Crippen molar-refractivity contribution in [2.75, 3.05) is 12.4 Å². The van der Waals surface area contributed by atoms with Crippen LogP contribution in [-0.2, 0) is 31.6 Å². The van der Waals surface area contributed by atoms with Crippen LogP contribution in [0.25, 0.3) is 22.6 Å². The molecule has 3 rings (SSSR count). The molecule has 1 aromatic carbocycles. The Morgan fingerprint density at radius 3 is 2.39 bits per heavy atom. The zero-order valence-electron chi connectivity index (χ0n) is 20.7. The summed E-state index contributed by atoms with van der Waals surface area (Å²) in [7, 11) is -9.45. The van der Waals surface area contributed by atoms with Crippen LogP contribution in [0.5, 0.6) is 5.75 Å². The van der Waals surface area contributed by atoms with Crippen LogP contribution in [0.3, 0.4) is 0 Å². The number of aryl methyl sites for hydroxylation is 1. The number of carboxylic acid groups (broad SMARTS) is 1. The minimum Gasteiger partial charge on any atom is -0.748 e. The Bertz CT molecular complexity index is 1480. The third kappa shape index (κ3) is 10.7. The third-order valence-electron chi connectivity index (χ3n) is 5.02. The Morgan fingerprint density at radius 1 is 1.08 bits per heavy atom. The third-order valence-corrected chi connectivity index (χ3v) is 6.96. The molecule has 0 saturated heterocycles. The summed E-state index contributed by atoms with van der Waals surface area (Å²) in [6.45, 7) is 0.272. The Labute approximate surface area is 268 Å². The van der Waals surface area contributed by atoms with E-state index in [-0.39, 0.29) is 106 Å². The summed E-state index contributed by atoms with van der Waals surface area (Å²) in [6.07, 6.45) is 5.10. The normalized spacial score (nSPS) is 11.6. The van der Waals surface area contributed by atoms with Gasteiger partial charge < -0.3 is 28.2 Å². The molecule has 38 heavy (non-hydrogen) atoms. The number of halogens is 1. The molecule has 0 N–H and O–H groups in total. The number of carbonyl (C=O) groups is 1. The van der Waals surface area contributed by atoms with E-state index >= 15 is 0 Å². The van der Waals surface area contributed by atoms with Gasteiger partial charge in [0, 0.05) is 30.3 Å². The molecule has 2 heterocycles. The second kappa shape index (κ2) is 15.3. The molecule has 0 fully saturated rings. The molecule has 0 radical (unpaired) electrons. The Hall–Kier alpha value is -0.780. The summed E-state index contributed by atoms with van der Waals surface area (Å²) in [5, 5.41) is 10.7. The van der Waals surface area contributed by atoms with E-state index in [9.17, 15) is 35.8 Å². The van der Waals surface area contributed by atoms with Gasteiger partial charge in [0.2, 0.25) is 5.89 Å². The average Bonchev–Trinajstić information content (AvgIpc) is 3.17. The number of carboxylic acids is 1. The molecular formula is C21H21ClN2Na2O10S2. The molecule has 0 spiro atoms. The van der Waals surface area contributed by atoms with Gasteiger partial charge in [-0.2, -0.15) is 0 Å². The topological polar surface area (TPSA) is 194 Å². The quantitative estimate of drug-likeness (QED) is 0.0782. The van der Waals surface area contributed by atoms with E-state index in [1.807, 2.05) is 4.57 Å². The summed E-state index contributed by atoms with van der Waals surface area (Å²) in [4.78, 5) is 14.0. The fourth-order valence-corrected chi connectivity index (χ4v) is 4.70. The number of fused-ring (bicyclic) bond motifs is 1. The predicted octanol–water partition coefficient (Wildman–Crippen LogP) is -5.03. The fraction of sp³-hybridized carbons (Fsp3) is 0.381. The summed E-state index contributed by atoms with van der Waals surface area (Å²) < 4.78 is 80.1. The van der Waals surface area contributed by atoms with Crippen molar-refractivity contribution in [2.45, 2.75) is 43.5 Å². The maximum absolute atomic E-state index is 11.7. The van der Waals surface area contributed by atoms with Gasteiger partial charge in [-0.1, -0.05) is 11.6 Å². The van der Waals surface area contributed by atoms with Crippen LogP contribution in [-0.4, -0.2) is 49.3 Å². The van der Waals surface area contributed by atoms with E-state index in [2.05, 4.69) is 4.98 Å². The van der Waals surface area contributed by atoms with Crippen molar-refractivity contribution >= 4 is 48.9 Å². The molecule has 0 aliphatic heterocycles. The first-order valence-corrected chi connectivity index (χ1v) is 14.1. The summed E-state index contributed by atoms with van der Waals surface area (Å²) in [5.74, 6) is -2.10. The number of hydrogen-bond donors (Lipinski definition) is 0. The zero-order valence-corrected chi connectivity index (χ0v) is 27.1. The van der Waals surface area contributed by atoms with Crippen LogP contribution >= 0.6 is 11.6 Å². The van der Waals surface area contributed by atoms with Crippen LogP contribution in [0.15, 0.2) is 39.9 Å². The number of unbranched alkanes of at least 4 members (excludes halogenated alkanes) is 2. The summed E-state index contributed by atoms with van der Waals surface area (Å²) >= 11 is 6.38. The van der Waals surface area contributed by atoms with Crippen molar-refractivity contribution in [3.63, 3.8) is 0 Å². The van der Waals surface area contributed by atoms with E-state index in [0.29, 0.717) is 24.9 Å². The molecule has 0 aliphatic carbocycles. The van der Waals surface area contributed by atoms with Gasteiger partial charge in [-0.25, -0.2) is 26.4 Å². The number of rotatable bonds is 13. The fourth-order valence-electron chi connectivity index (χ4n) is 3.34. The number of pyridine rings is 1. The molecule has 0 unspecified atom stereocenters. The van der Waals surface area contributed by atoms with Crippen LogP contribution in [0.4, 0.5) is 0 Å². The summed E-state index contributed by atoms with van der Waals surface area (Å²) in [6, 6.07) is 3.76. The average molecular weight is 607 g/mol.